The minimum atomic E-state index is -0.326. The molecule has 0 N–H and O–H groups in total. The Kier molecular flexibility index (Phi) is 12.6. The van der Waals surface area contributed by atoms with Crippen molar-refractivity contribution in [3.8, 4) is 0 Å². The molecule has 0 bridgehead atoms. The fourth-order valence-electron chi connectivity index (χ4n) is 5.06. The van der Waals surface area contributed by atoms with Gasteiger partial charge in [0, 0.05) is 12.2 Å². The van der Waals surface area contributed by atoms with Crippen LogP contribution in [0.2, 0.25) is 0 Å². The number of hydrogen-bond acceptors (Lipinski definition) is 5. The average molecular weight is 435 g/mol. The van der Waals surface area contributed by atoms with Crippen molar-refractivity contribution in [1.82, 2.24) is 0 Å². The van der Waals surface area contributed by atoms with Crippen LogP contribution in [0, 0.1) is 11.8 Å². The highest BCUT2D eigenvalue weighted by Gasteiger charge is 2.28. The molecular formula is C26H42O5. The lowest BCUT2D eigenvalue weighted by molar-refractivity contribution is -0.138. The van der Waals surface area contributed by atoms with E-state index in [2.05, 4.69) is 13.2 Å². The van der Waals surface area contributed by atoms with E-state index in [0.29, 0.717) is 25.4 Å². The third kappa shape index (κ3) is 11.0. The van der Waals surface area contributed by atoms with Crippen molar-refractivity contribution < 1.29 is 23.8 Å². The number of esters is 2. The Hall–Kier alpha value is -1.62. The van der Waals surface area contributed by atoms with Gasteiger partial charge in [0.2, 0.25) is 0 Å². The molecule has 2 fully saturated rings. The largest absolute Gasteiger partial charge is 0.463 e. The Balaban J connectivity index is 1.58. The molecule has 0 saturated heterocycles. The summed E-state index contributed by atoms with van der Waals surface area (Å²) in [6.45, 7) is 7.83. The highest BCUT2D eigenvalue weighted by atomic mass is 16.5. The lowest BCUT2D eigenvalue weighted by Gasteiger charge is -2.35. The molecule has 0 spiro atoms. The lowest BCUT2D eigenvalue weighted by atomic mass is 9.82. The quantitative estimate of drug-likeness (QED) is 0.193. The number of ether oxygens (including phenoxy) is 3. The van der Waals surface area contributed by atoms with Crippen molar-refractivity contribution in [2.45, 2.75) is 102 Å². The molecular weight excluding hydrogens is 392 g/mol. The molecule has 2 saturated carbocycles. The Morgan fingerprint density at radius 3 is 1.58 bits per heavy atom. The summed E-state index contributed by atoms with van der Waals surface area (Å²) >= 11 is 0. The first-order chi connectivity index (χ1) is 15.1. The Morgan fingerprint density at radius 1 is 0.710 bits per heavy atom. The van der Waals surface area contributed by atoms with Crippen LogP contribution in [0.4, 0.5) is 0 Å². The maximum atomic E-state index is 11.1. The van der Waals surface area contributed by atoms with Gasteiger partial charge in [0.05, 0.1) is 25.4 Å². The first-order valence-electron chi connectivity index (χ1n) is 12.3. The van der Waals surface area contributed by atoms with Crippen molar-refractivity contribution >= 4 is 11.9 Å². The van der Waals surface area contributed by atoms with Gasteiger partial charge < -0.3 is 14.2 Å². The molecule has 5 nitrogen and oxygen atoms in total. The molecule has 0 radical (unpaired) electrons. The van der Waals surface area contributed by atoms with E-state index in [1.165, 1.54) is 76.4 Å². The zero-order valence-electron chi connectivity index (χ0n) is 19.2. The Morgan fingerprint density at radius 2 is 1.16 bits per heavy atom. The normalized spacial score (nSPS) is 26.1. The van der Waals surface area contributed by atoms with Gasteiger partial charge in [-0.3, -0.25) is 0 Å². The van der Waals surface area contributed by atoms with Gasteiger partial charge in [-0.25, -0.2) is 9.59 Å². The average Bonchev–Trinajstić information content (AvgIpc) is 2.78. The smallest absolute Gasteiger partial charge is 0.330 e. The second-order valence-corrected chi connectivity index (χ2v) is 9.18. The van der Waals surface area contributed by atoms with E-state index < -0.39 is 0 Å². The third-order valence-electron chi connectivity index (χ3n) is 6.69. The molecule has 0 aromatic heterocycles. The molecule has 2 aliphatic rings. The zero-order valence-corrected chi connectivity index (χ0v) is 19.2. The molecule has 0 aromatic rings. The fourth-order valence-corrected chi connectivity index (χ4v) is 5.06. The molecule has 0 amide bonds. The standard InChI is InChI=1S/C26H42O5/c1-3-25(27)29-17-7-5-11-21-13-9-15-23(19-21)31-24-16-10-14-22(20-24)12-6-8-18-30-26(28)4-2/h3-4,21-24H,1-2,5-20H2. The van der Waals surface area contributed by atoms with Gasteiger partial charge in [-0.15, -0.1) is 0 Å². The van der Waals surface area contributed by atoms with E-state index in [4.69, 9.17) is 14.2 Å². The minimum absolute atomic E-state index is 0.326. The van der Waals surface area contributed by atoms with Crippen LogP contribution in [-0.4, -0.2) is 37.4 Å². The number of carbonyl (C=O) groups excluding carboxylic acids is 2. The highest BCUT2D eigenvalue weighted by Crippen LogP contribution is 2.35. The van der Waals surface area contributed by atoms with Crippen LogP contribution in [0.3, 0.4) is 0 Å². The van der Waals surface area contributed by atoms with Crippen molar-refractivity contribution in [1.29, 1.82) is 0 Å². The molecule has 5 heteroatoms. The molecule has 0 aliphatic heterocycles. The van der Waals surface area contributed by atoms with E-state index in [0.717, 1.165) is 37.5 Å². The SMILES string of the molecule is C=CC(=O)OCCCCC1CCCC(OC2CCCC(CCCCOC(=O)C=C)C2)C1. The maximum Gasteiger partial charge on any atom is 0.330 e. The monoisotopic (exact) mass is 434 g/mol. The van der Waals surface area contributed by atoms with Gasteiger partial charge in [-0.2, -0.15) is 0 Å². The summed E-state index contributed by atoms with van der Waals surface area (Å²) in [5.41, 5.74) is 0. The second-order valence-electron chi connectivity index (χ2n) is 9.18. The number of carbonyl (C=O) groups is 2. The molecule has 2 aliphatic carbocycles. The molecule has 176 valence electrons. The molecule has 4 unspecified atom stereocenters. The predicted octanol–water partition coefficient (Wildman–Crippen LogP) is 5.92. The van der Waals surface area contributed by atoms with Crippen LogP contribution < -0.4 is 0 Å². The van der Waals surface area contributed by atoms with E-state index in [-0.39, 0.29) is 11.9 Å². The van der Waals surface area contributed by atoms with E-state index in [9.17, 15) is 9.59 Å². The predicted molar refractivity (Wildman–Crippen MR) is 123 cm³/mol. The summed E-state index contributed by atoms with van der Waals surface area (Å²) in [4.78, 5) is 22.2. The zero-order chi connectivity index (χ0) is 22.3. The Labute approximate surface area is 188 Å². The van der Waals surface area contributed by atoms with E-state index in [1.54, 1.807) is 0 Å². The van der Waals surface area contributed by atoms with Gasteiger partial charge in [0.25, 0.3) is 0 Å². The summed E-state index contributed by atoms with van der Waals surface area (Å²) in [5.74, 6) is 0.833. The summed E-state index contributed by atoms with van der Waals surface area (Å²) in [7, 11) is 0. The van der Waals surface area contributed by atoms with E-state index >= 15 is 0 Å². The summed E-state index contributed by atoms with van der Waals surface area (Å²) < 4.78 is 16.7. The van der Waals surface area contributed by atoms with Crippen molar-refractivity contribution in [3.63, 3.8) is 0 Å². The topological polar surface area (TPSA) is 61.8 Å². The Bertz CT molecular complexity index is 510. The van der Waals surface area contributed by atoms with Crippen LogP contribution in [0.15, 0.2) is 25.3 Å². The van der Waals surface area contributed by atoms with Crippen LogP contribution in [0.25, 0.3) is 0 Å². The molecule has 0 aromatic carbocycles. The van der Waals surface area contributed by atoms with Gasteiger partial charge in [0.15, 0.2) is 0 Å². The molecule has 2 rings (SSSR count). The maximum absolute atomic E-state index is 11.1. The molecule has 0 heterocycles. The number of rotatable bonds is 14. The minimum Gasteiger partial charge on any atom is -0.463 e. The molecule has 4 atom stereocenters. The lowest BCUT2D eigenvalue weighted by Crippen LogP contribution is -2.31. The van der Waals surface area contributed by atoms with Gasteiger partial charge >= 0.3 is 11.9 Å². The van der Waals surface area contributed by atoms with Crippen LogP contribution >= 0.6 is 0 Å². The van der Waals surface area contributed by atoms with Gasteiger partial charge in [-0.1, -0.05) is 51.7 Å². The third-order valence-corrected chi connectivity index (χ3v) is 6.69. The van der Waals surface area contributed by atoms with Gasteiger partial charge in [0.1, 0.15) is 0 Å². The first kappa shape index (κ1) is 25.6. The molecule has 31 heavy (non-hydrogen) atoms. The van der Waals surface area contributed by atoms with Crippen LogP contribution in [0.1, 0.15) is 89.9 Å². The van der Waals surface area contributed by atoms with Gasteiger partial charge in [-0.05, 0) is 63.2 Å². The van der Waals surface area contributed by atoms with Crippen LogP contribution in [0.5, 0.6) is 0 Å². The summed E-state index contributed by atoms with van der Waals surface area (Å²) in [6.07, 6.45) is 19.6. The van der Waals surface area contributed by atoms with Crippen molar-refractivity contribution in [3.05, 3.63) is 25.3 Å². The summed E-state index contributed by atoms with van der Waals surface area (Å²) in [5, 5.41) is 0. The number of unbranched alkanes of at least 4 members (excludes halogenated alkanes) is 2. The first-order valence-corrected chi connectivity index (χ1v) is 12.3. The van der Waals surface area contributed by atoms with Crippen molar-refractivity contribution in [2.24, 2.45) is 11.8 Å². The fraction of sp³-hybridized carbons (Fsp3) is 0.769. The van der Waals surface area contributed by atoms with Crippen LogP contribution in [-0.2, 0) is 23.8 Å². The second kappa shape index (κ2) is 15.2. The number of hydrogen-bond donors (Lipinski definition) is 0. The summed E-state index contributed by atoms with van der Waals surface area (Å²) in [6, 6.07) is 0. The highest BCUT2D eigenvalue weighted by molar-refractivity contribution is 5.81. The van der Waals surface area contributed by atoms with Crippen molar-refractivity contribution in [2.75, 3.05) is 13.2 Å². The van der Waals surface area contributed by atoms with E-state index in [1.807, 2.05) is 0 Å².